The highest BCUT2D eigenvalue weighted by molar-refractivity contribution is 7.86. The summed E-state index contributed by atoms with van der Waals surface area (Å²) >= 11 is 0. The Bertz CT molecular complexity index is 927. The Morgan fingerprint density at radius 1 is 1.09 bits per heavy atom. The number of carbonyl (C=O) groups excluding carboxylic acids is 1. The molecule has 17 heteroatoms. The zero-order chi connectivity index (χ0) is 26.5. The number of hydrogen-bond acceptors (Lipinski definition) is 5. The molecule has 1 aromatic rings. The maximum Gasteiger partial charge on any atom is 0.460 e. The van der Waals surface area contributed by atoms with Crippen LogP contribution in [-0.2, 0) is 32.7 Å². The molecule has 1 heterocycles. The average molecular weight is 522 g/mol. The summed E-state index contributed by atoms with van der Waals surface area (Å²) in [6.45, 7) is 9.54. The summed E-state index contributed by atoms with van der Waals surface area (Å²) in [6.07, 6.45) is -0.257. The van der Waals surface area contributed by atoms with Gasteiger partial charge in [0.25, 0.3) is 0 Å². The molecule has 0 aliphatic carbocycles. The van der Waals surface area contributed by atoms with Crippen molar-refractivity contribution in [3.63, 3.8) is 0 Å². The first kappa shape index (κ1) is 30.7. The van der Waals surface area contributed by atoms with Crippen molar-refractivity contribution in [2.75, 3.05) is 6.61 Å². The third kappa shape index (κ3) is 7.35. The maximum absolute atomic E-state index is 12.2. The number of carbonyl (C=O) groups is 1. The predicted octanol–water partition coefficient (Wildman–Crippen LogP) is 3.26. The van der Waals surface area contributed by atoms with Crippen molar-refractivity contribution in [2.45, 2.75) is 56.6 Å². The smallest absolute Gasteiger partial charge is 0.460 e. The Morgan fingerprint density at radius 3 is 1.97 bits per heavy atom. The van der Waals surface area contributed by atoms with Gasteiger partial charge in [0.1, 0.15) is 12.4 Å². The Hall–Kier alpha value is -2.30. The van der Waals surface area contributed by atoms with Gasteiger partial charge in [-0.2, -0.15) is 39.5 Å². The highest BCUT2D eigenvalue weighted by atomic mass is 32.2. The van der Waals surface area contributed by atoms with E-state index < -0.39 is 33.4 Å². The number of alkyl halides is 9. The zero-order valence-corrected chi connectivity index (χ0v) is 17.8. The van der Waals surface area contributed by atoms with E-state index >= 15 is 0 Å². The standard InChI is InChI=1S/C12H19N2O2.C4HF9O3S/c1-4-13-7-8-14(10-13)6-5-9-16-12(15)11(2)3;5-1(6,3(9,10)11)2(7,8)4(12,13)17(14,15)16/h7-8,10H,2,4-6,9H2,1,3H3;(H,14,15,16)/q+1;/p-1. The van der Waals surface area contributed by atoms with Gasteiger partial charge in [0.2, 0.25) is 6.33 Å². The summed E-state index contributed by atoms with van der Waals surface area (Å²) in [6, 6.07) is 0. The van der Waals surface area contributed by atoms with Crippen molar-refractivity contribution >= 4 is 16.1 Å². The van der Waals surface area contributed by atoms with Crippen LogP contribution in [0, 0.1) is 0 Å². The summed E-state index contributed by atoms with van der Waals surface area (Å²) in [5.74, 6) is -15.1. The molecular formula is C16H19F9N2O5S. The summed E-state index contributed by atoms with van der Waals surface area (Å²) in [7, 11) is -7.42. The van der Waals surface area contributed by atoms with Crippen LogP contribution in [0.1, 0.15) is 20.3 Å². The Morgan fingerprint density at radius 2 is 1.61 bits per heavy atom. The quantitative estimate of drug-likeness (QED) is 0.124. The number of rotatable bonds is 9. The fraction of sp³-hybridized carbons (Fsp3) is 0.625. The van der Waals surface area contributed by atoms with E-state index in [1.165, 1.54) is 0 Å². The van der Waals surface area contributed by atoms with Gasteiger partial charge in [0, 0.05) is 12.0 Å². The SMILES string of the molecule is C=C(C)C(=O)OCCC[n+]1ccn(CC)c1.O=S(=O)([O-])C(F)(F)C(F)(F)C(F)(F)C(F)(F)F. The van der Waals surface area contributed by atoms with Gasteiger partial charge in [0.05, 0.1) is 19.7 Å². The molecule has 7 nitrogen and oxygen atoms in total. The van der Waals surface area contributed by atoms with E-state index in [0.717, 1.165) is 19.5 Å². The number of nitrogens with zero attached hydrogens (tertiary/aromatic N) is 2. The average Bonchev–Trinajstić information content (AvgIpc) is 3.11. The summed E-state index contributed by atoms with van der Waals surface area (Å²) in [5.41, 5.74) is 0.449. The van der Waals surface area contributed by atoms with Crippen LogP contribution in [-0.4, -0.2) is 53.4 Å². The van der Waals surface area contributed by atoms with Crippen LogP contribution in [0.15, 0.2) is 30.9 Å². The molecule has 192 valence electrons. The molecule has 0 saturated carbocycles. The van der Waals surface area contributed by atoms with E-state index in [1.807, 2.05) is 18.7 Å². The topological polar surface area (TPSA) is 92.3 Å². The lowest BCUT2D eigenvalue weighted by atomic mass is 10.1. The van der Waals surface area contributed by atoms with Crippen molar-refractivity contribution in [1.29, 1.82) is 0 Å². The van der Waals surface area contributed by atoms with Gasteiger partial charge in [-0.3, -0.25) is 0 Å². The monoisotopic (exact) mass is 522 g/mol. The van der Waals surface area contributed by atoms with Crippen LogP contribution in [0.3, 0.4) is 0 Å². The number of imidazole rings is 1. The van der Waals surface area contributed by atoms with E-state index in [9.17, 15) is 57.3 Å². The minimum absolute atomic E-state index is 0.309. The van der Waals surface area contributed by atoms with E-state index in [4.69, 9.17) is 4.74 Å². The molecule has 0 saturated heterocycles. The van der Waals surface area contributed by atoms with Crippen molar-refractivity contribution in [1.82, 2.24) is 4.57 Å². The molecule has 0 atom stereocenters. The Kier molecular flexibility index (Phi) is 10.0. The Labute approximate surface area is 182 Å². The summed E-state index contributed by atoms with van der Waals surface area (Å²) in [4.78, 5) is 11.1. The molecule has 0 spiro atoms. The lowest BCUT2D eigenvalue weighted by Gasteiger charge is -2.34. The molecule has 0 aliphatic rings. The molecular weight excluding hydrogens is 503 g/mol. The van der Waals surface area contributed by atoms with E-state index in [0.29, 0.717) is 12.2 Å². The van der Waals surface area contributed by atoms with Crippen LogP contribution in [0.5, 0.6) is 0 Å². The van der Waals surface area contributed by atoms with Gasteiger partial charge in [-0.25, -0.2) is 22.3 Å². The van der Waals surface area contributed by atoms with Crippen LogP contribution in [0.2, 0.25) is 0 Å². The lowest BCUT2D eigenvalue weighted by Crippen LogP contribution is -2.63. The number of esters is 1. The number of ether oxygens (including phenoxy) is 1. The number of halogens is 9. The van der Waals surface area contributed by atoms with Gasteiger partial charge < -0.3 is 9.29 Å². The summed E-state index contributed by atoms with van der Waals surface area (Å²) in [5, 5.41) is -7.11. The highest BCUT2D eigenvalue weighted by Crippen LogP contribution is 2.54. The number of aromatic nitrogens is 2. The largest absolute Gasteiger partial charge is 0.743 e. The second kappa shape index (κ2) is 10.8. The first-order valence-corrected chi connectivity index (χ1v) is 10.1. The molecule has 0 fully saturated rings. The van der Waals surface area contributed by atoms with Gasteiger partial charge >= 0.3 is 29.2 Å². The molecule has 1 rings (SSSR count). The number of aryl methyl sites for hydroxylation is 2. The molecule has 0 aromatic carbocycles. The molecule has 0 amide bonds. The van der Waals surface area contributed by atoms with Gasteiger partial charge in [0.15, 0.2) is 10.1 Å². The van der Waals surface area contributed by atoms with E-state index in [1.54, 1.807) is 6.92 Å². The van der Waals surface area contributed by atoms with Crippen LogP contribution >= 0.6 is 0 Å². The fourth-order valence-corrected chi connectivity index (χ4v) is 2.25. The van der Waals surface area contributed by atoms with Crippen molar-refractivity contribution in [3.8, 4) is 0 Å². The normalized spacial score (nSPS) is 13.2. The molecule has 1 aromatic heterocycles. The van der Waals surface area contributed by atoms with Crippen molar-refractivity contribution in [2.24, 2.45) is 0 Å². The molecule has 0 unspecified atom stereocenters. The van der Waals surface area contributed by atoms with Gasteiger partial charge in [-0.05, 0) is 13.8 Å². The highest BCUT2D eigenvalue weighted by Gasteiger charge is 2.83. The first-order valence-electron chi connectivity index (χ1n) is 8.66. The second-order valence-electron chi connectivity index (χ2n) is 6.37. The lowest BCUT2D eigenvalue weighted by molar-refractivity contribution is -0.697. The van der Waals surface area contributed by atoms with Crippen LogP contribution in [0.25, 0.3) is 0 Å². The van der Waals surface area contributed by atoms with Crippen LogP contribution in [0.4, 0.5) is 39.5 Å². The summed E-state index contributed by atoms with van der Waals surface area (Å²) < 4.78 is 145. The molecule has 0 N–H and O–H groups in total. The second-order valence-corrected chi connectivity index (χ2v) is 7.79. The number of hydrogen-bond donors (Lipinski definition) is 0. The minimum atomic E-state index is -7.43. The Balaban J connectivity index is 0.000000621. The van der Waals surface area contributed by atoms with Crippen molar-refractivity contribution < 1.29 is 66.6 Å². The fourth-order valence-electron chi connectivity index (χ4n) is 1.81. The minimum Gasteiger partial charge on any atom is -0.743 e. The first-order chi connectivity index (χ1) is 14.6. The predicted molar refractivity (Wildman–Crippen MR) is 91.3 cm³/mol. The van der Waals surface area contributed by atoms with Gasteiger partial charge in [-0.15, -0.1) is 0 Å². The molecule has 0 radical (unpaired) electrons. The van der Waals surface area contributed by atoms with E-state index in [2.05, 4.69) is 22.6 Å². The zero-order valence-electron chi connectivity index (χ0n) is 17.0. The van der Waals surface area contributed by atoms with Crippen molar-refractivity contribution in [3.05, 3.63) is 30.9 Å². The molecule has 0 bridgehead atoms. The molecule has 33 heavy (non-hydrogen) atoms. The van der Waals surface area contributed by atoms with Crippen LogP contribution < -0.4 is 4.57 Å². The van der Waals surface area contributed by atoms with E-state index in [-0.39, 0.29) is 5.97 Å². The molecule has 0 aliphatic heterocycles. The van der Waals surface area contributed by atoms with Gasteiger partial charge in [-0.1, -0.05) is 6.58 Å². The maximum atomic E-state index is 12.2. The third-order valence-electron chi connectivity index (χ3n) is 3.68. The third-order valence-corrected chi connectivity index (χ3v) is 4.57.